The summed E-state index contributed by atoms with van der Waals surface area (Å²) in [7, 11) is -3.13. The van der Waals surface area contributed by atoms with Crippen LogP contribution >= 0.6 is 0 Å². The maximum Gasteiger partial charge on any atom is 0.175 e. The fourth-order valence-electron chi connectivity index (χ4n) is 2.06. The second kappa shape index (κ2) is 5.28. The smallest absolute Gasteiger partial charge is 0.175 e. The minimum Gasteiger partial charge on any atom is -0.489 e. The molecule has 2 atom stereocenters. The van der Waals surface area contributed by atoms with E-state index in [2.05, 4.69) is 12.2 Å². The lowest BCUT2D eigenvalue weighted by atomic mass is 9.97. The number of piperidine rings is 1. The van der Waals surface area contributed by atoms with Crippen molar-refractivity contribution in [1.29, 1.82) is 0 Å². The van der Waals surface area contributed by atoms with Gasteiger partial charge >= 0.3 is 0 Å². The fourth-order valence-corrected chi connectivity index (χ4v) is 2.69. The van der Waals surface area contributed by atoms with Gasteiger partial charge in [0.25, 0.3) is 0 Å². The van der Waals surface area contributed by atoms with Gasteiger partial charge < -0.3 is 10.1 Å². The SMILES string of the molecule is CC1CCNCC1Oc1ccc(S(C)(=O)=O)cc1. The van der Waals surface area contributed by atoms with Crippen molar-refractivity contribution in [3.63, 3.8) is 0 Å². The third-order valence-corrected chi connectivity index (χ3v) is 4.42. The second-order valence-electron chi connectivity index (χ2n) is 4.87. The lowest BCUT2D eigenvalue weighted by molar-refractivity contribution is 0.115. The molecule has 0 aromatic heterocycles. The standard InChI is InChI=1S/C13H19NO3S/c1-10-7-8-14-9-13(10)17-11-3-5-12(6-4-11)18(2,15)16/h3-6,10,13-14H,7-9H2,1-2H3. The Bertz CT molecular complexity index is 495. The first-order valence-electron chi connectivity index (χ1n) is 6.14. The molecule has 0 saturated carbocycles. The van der Waals surface area contributed by atoms with Crippen molar-refractivity contribution in [2.24, 2.45) is 5.92 Å². The molecule has 0 amide bonds. The predicted molar refractivity (Wildman–Crippen MR) is 70.6 cm³/mol. The maximum atomic E-state index is 11.3. The minimum atomic E-state index is -3.13. The normalized spacial score (nSPS) is 24.8. The van der Waals surface area contributed by atoms with Crippen LogP contribution in [0.15, 0.2) is 29.2 Å². The minimum absolute atomic E-state index is 0.155. The Morgan fingerprint density at radius 2 is 1.94 bits per heavy atom. The number of ether oxygens (including phenoxy) is 1. The van der Waals surface area contributed by atoms with Crippen LogP contribution in [0.4, 0.5) is 0 Å². The lowest BCUT2D eigenvalue weighted by Gasteiger charge is -2.30. The van der Waals surface area contributed by atoms with Gasteiger partial charge in [-0.25, -0.2) is 8.42 Å². The van der Waals surface area contributed by atoms with Gasteiger partial charge in [-0.1, -0.05) is 6.92 Å². The zero-order valence-electron chi connectivity index (χ0n) is 10.7. The first-order chi connectivity index (χ1) is 8.47. The Hall–Kier alpha value is -1.07. The van der Waals surface area contributed by atoms with E-state index in [4.69, 9.17) is 4.74 Å². The number of hydrogen-bond donors (Lipinski definition) is 1. The van der Waals surface area contributed by atoms with E-state index < -0.39 is 9.84 Å². The summed E-state index contributed by atoms with van der Waals surface area (Å²) in [6.07, 6.45) is 2.46. The largest absolute Gasteiger partial charge is 0.489 e. The summed E-state index contributed by atoms with van der Waals surface area (Å²) in [5, 5.41) is 3.30. The van der Waals surface area contributed by atoms with E-state index in [0.717, 1.165) is 25.3 Å². The summed E-state index contributed by atoms with van der Waals surface area (Å²) < 4.78 is 28.5. The molecule has 1 heterocycles. The van der Waals surface area contributed by atoms with E-state index in [0.29, 0.717) is 10.8 Å². The highest BCUT2D eigenvalue weighted by Gasteiger charge is 2.22. The van der Waals surface area contributed by atoms with Crippen LogP contribution < -0.4 is 10.1 Å². The summed E-state index contributed by atoms with van der Waals surface area (Å²) in [5.41, 5.74) is 0. The summed E-state index contributed by atoms with van der Waals surface area (Å²) in [4.78, 5) is 0.324. The molecule has 2 unspecified atom stereocenters. The first kappa shape index (κ1) is 13.4. The van der Waals surface area contributed by atoms with E-state index >= 15 is 0 Å². The maximum absolute atomic E-state index is 11.3. The molecule has 0 bridgehead atoms. The van der Waals surface area contributed by atoms with Gasteiger partial charge in [-0.2, -0.15) is 0 Å². The molecule has 1 saturated heterocycles. The first-order valence-corrected chi connectivity index (χ1v) is 8.03. The lowest BCUT2D eigenvalue weighted by Crippen LogP contribution is -2.42. The Labute approximate surface area is 108 Å². The molecule has 1 N–H and O–H groups in total. The van der Waals surface area contributed by atoms with Crippen molar-refractivity contribution in [3.8, 4) is 5.75 Å². The monoisotopic (exact) mass is 269 g/mol. The molecule has 1 aliphatic heterocycles. The topological polar surface area (TPSA) is 55.4 Å². The van der Waals surface area contributed by atoms with Crippen LogP contribution in [0.5, 0.6) is 5.75 Å². The molecule has 1 aromatic carbocycles. The molecule has 100 valence electrons. The van der Waals surface area contributed by atoms with Crippen LogP contribution in [-0.4, -0.2) is 33.9 Å². The van der Waals surface area contributed by atoms with Crippen LogP contribution in [0.25, 0.3) is 0 Å². The van der Waals surface area contributed by atoms with Crippen molar-refractivity contribution >= 4 is 9.84 Å². The average Bonchev–Trinajstić information content (AvgIpc) is 2.32. The molecule has 18 heavy (non-hydrogen) atoms. The van der Waals surface area contributed by atoms with Gasteiger partial charge in [-0.15, -0.1) is 0 Å². The van der Waals surface area contributed by atoms with E-state index in [1.54, 1.807) is 24.3 Å². The Morgan fingerprint density at radius 1 is 1.28 bits per heavy atom. The van der Waals surface area contributed by atoms with Crippen molar-refractivity contribution in [1.82, 2.24) is 5.32 Å². The molecule has 0 radical (unpaired) electrons. The fraction of sp³-hybridized carbons (Fsp3) is 0.538. The van der Waals surface area contributed by atoms with Gasteiger partial charge in [0, 0.05) is 12.8 Å². The van der Waals surface area contributed by atoms with Crippen LogP contribution in [-0.2, 0) is 9.84 Å². The molecule has 1 aliphatic rings. The highest BCUT2D eigenvalue weighted by molar-refractivity contribution is 7.90. The summed E-state index contributed by atoms with van der Waals surface area (Å²) in [5.74, 6) is 1.24. The molecule has 1 fully saturated rings. The second-order valence-corrected chi connectivity index (χ2v) is 6.89. The summed E-state index contributed by atoms with van der Waals surface area (Å²) in [6, 6.07) is 6.62. The molecule has 5 heteroatoms. The van der Waals surface area contributed by atoms with Gasteiger partial charge in [0.05, 0.1) is 4.90 Å². The number of hydrogen-bond acceptors (Lipinski definition) is 4. The van der Waals surface area contributed by atoms with E-state index in [1.165, 1.54) is 6.26 Å². The number of benzene rings is 1. The van der Waals surface area contributed by atoms with Gasteiger partial charge in [-0.3, -0.25) is 0 Å². The van der Waals surface area contributed by atoms with Crippen molar-refractivity contribution in [2.45, 2.75) is 24.3 Å². The van der Waals surface area contributed by atoms with Gasteiger partial charge in [-0.05, 0) is 43.1 Å². The highest BCUT2D eigenvalue weighted by atomic mass is 32.2. The van der Waals surface area contributed by atoms with Gasteiger partial charge in [0.1, 0.15) is 11.9 Å². The van der Waals surface area contributed by atoms with Crippen LogP contribution in [0.3, 0.4) is 0 Å². The Morgan fingerprint density at radius 3 is 2.50 bits per heavy atom. The van der Waals surface area contributed by atoms with E-state index in [9.17, 15) is 8.42 Å². The van der Waals surface area contributed by atoms with Crippen LogP contribution in [0.2, 0.25) is 0 Å². The van der Waals surface area contributed by atoms with Crippen molar-refractivity contribution < 1.29 is 13.2 Å². The van der Waals surface area contributed by atoms with Crippen LogP contribution in [0, 0.1) is 5.92 Å². The van der Waals surface area contributed by atoms with Crippen molar-refractivity contribution in [2.75, 3.05) is 19.3 Å². The Balaban J connectivity index is 2.06. The van der Waals surface area contributed by atoms with E-state index in [1.807, 2.05) is 0 Å². The predicted octanol–water partition coefficient (Wildman–Crippen LogP) is 1.47. The molecular weight excluding hydrogens is 250 g/mol. The number of rotatable bonds is 3. The van der Waals surface area contributed by atoms with Gasteiger partial charge in [0.2, 0.25) is 0 Å². The molecule has 0 aliphatic carbocycles. The zero-order valence-corrected chi connectivity index (χ0v) is 11.5. The molecule has 0 spiro atoms. The highest BCUT2D eigenvalue weighted by Crippen LogP contribution is 2.21. The molecule has 1 aromatic rings. The van der Waals surface area contributed by atoms with E-state index in [-0.39, 0.29) is 6.10 Å². The number of sulfone groups is 1. The van der Waals surface area contributed by atoms with Crippen molar-refractivity contribution in [3.05, 3.63) is 24.3 Å². The summed E-state index contributed by atoms with van der Waals surface area (Å²) in [6.45, 7) is 4.05. The molecular formula is C13H19NO3S. The summed E-state index contributed by atoms with van der Waals surface area (Å²) >= 11 is 0. The Kier molecular flexibility index (Phi) is 3.92. The third-order valence-electron chi connectivity index (χ3n) is 3.30. The molecule has 2 rings (SSSR count). The van der Waals surface area contributed by atoms with Crippen LogP contribution in [0.1, 0.15) is 13.3 Å². The molecule has 4 nitrogen and oxygen atoms in total. The number of nitrogens with one attached hydrogen (secondary N) is 1. The van der Waals surface area contributed by atoms with Gasteiger partial charge in [0.15, 0.2) is 9.84 Å². The third kappa shape index (κ3) is 3.23. The average molecular weight is 269 g/mol. The quantitative estimate of drug-likeness (QED) is 0.903. The zero-order chi connectivity index (χ0) is 13.2.